The van der Waals surface area contributed by atoms with Crippen molar-refractivity contribution in [2.24, 2.45) is 35.0 Å². The van der Waals surface area contributed by atoms with Gasteiger partial charge in [-0.1, -0.05) is 48.0 Å². The summed E-state index contributed by atoms with van der Waals surface area (Å²) in [6.07, 6.45) is 1.81. The van der Waals surface area contributed by atoms with Crippen LogP contribution in [-0.2, 0) is 28.8 Å². The summed E-state index contributed by atoms with van der Waals surface area (Å²) in [4.78, 5) is 76.5. The van der Waals surface area contributed by atoms with Crippen molar-refractivity contribution in [1.82, 2.24) is 26.6 Å². The number of amides is 6. The molecule has 15 heteroatoms. The van der Waals surface area contributed by atoms with Crippen molar-refractivity contribution in [2.45, 2.75) is 110 Å². The SMILES string of the molecule is CC[C@H](C)[C@H](NC(=O)[C@@H](N)CO)C(=O)N[C@@H](CCCCN)C(=O)N[C@H](C(=O)N[C@@H](C)C(=O)N[C@H](C(N)=O)C(C)C)C(C)C. The largest absolute Gasteiger partial charge is 0.394 e. The first-order valence-corrected chi connectivity index (χ1v) is 14.9. The number of nitrogens with one attached hydrogen (secondary N) is 5. The summed E-state index contributed by atoms with van der Waals surface area (Å²) >= 11 is 0. The fourth-order valence-electron chi connectivity index (χ4n) is 4.07. The van der Waals surface area contributed by atoms with E-state index in [1.165, 1.54) is 6.92 Å². The van der Waals surface area contributed by atoms with Crippen LogP contribution >= 0.6 is 0 Å². The van der Waals surface area contributed by atoms with Gasteiger partial charge in [-0.15, -0.1) is 0 Å². The van der Waals surface area contributed by atoms with Crippen molar-refractivity contribution >= 4 is 35.4 Å². The number of rotatable bonds is 20. The number of nitrogens with two attached hydrogens (primary N) is 3. The van der Waals surface area contributed by atoms with Crippen LogP contribution in [0.2, 0.25) is 0 Å². The zero-order chi connectivity index (χ0) is 33.4. The summed E-state index contributed by atoms with van der Waals surface area (Å²) in [5, 5.41) is 22.2. The van der Waals surface area contributed by atoms with E-state index in [1.54, 1.807) is 34.6 Å². The highest BCUT2D eigenvalue weighted by Crippen LogP contribution is 2.11. The number of aliphatic hydroxyl groups is 1. The average Bonchev–Trinajstić information content (AvgIpc) is 2.94. The third-order valence-electron chi connectivity index (χ3n) is 7.18. The summed E-state index contributed by atoms with van der Waals surface area (Å²) in [5.74, 6) is -4.92. The van der Waals surface area contributed by atoms with E-state index in [2.05, 4.69) is 26.6 Å². The molecule has 0 rings (SSSR count). The monoisotopic (exact) mass is 614 g/mol. The van der Waals surface area contributed by atoms with E-state index in [1.807, 2.05) is 6.92 Å². The Hall–Kier alpha value is -3.30. The van der Waals surface area contributed by atoms with Crippen LogP contribution < -0.4 is 43.8 Å². The lowest BCUT2D eigenvalue weighted by Crippen LogP contribution is -2.61. The second-order valence-electron chi connectivity index (χ2n) is 11.6. The topological polar surface area (TPSA) is 261 Å². The lowest BCUT2D eigenvalue weighted by molar-refractivity contribution is -0.136. The Kier molecular flexibility index (Phi) is 18.3. The fraction of sp³-hybridized carbons (Fsp3) is 0.786. The third kappa shape index (κ3) is 13.7. The van der Waals surface area contributed by atoms with Crippen LogP contribution in [0.3, 0.4) is 0 Å². The first-order valence-electron chi connectivity index (χ1n) is 14.9. The van der Waals surface area contributed by atoms with Crippen molar-refractivity contribution in [3.8, 4) is 0 Å². The lowest BCUT2D eigenvalue weighted by atomic mass is 9.96. The number of hydrogen-bond donors (Lipinski definition) is 9. The van der Waals surface area contributed by atoms with E-state index in [0.29, 0.717) is 25.8 Å². The van der Waals surface area contributed by atoms with Crippen LogP contribution in [0.4, 0.5) is 0 Å². The Morgan fingerprint density at radius 2 is 1.19 bits per heavy atom. The van der Waals surface area contributed by atoms with Crippen molar-refractivity contribution in [2.75, 3.05) is 13.2 Å². The highest BCUT2D eigenvalue weighted by atomic mass is 16.3. The molecule has 0 aliphatic carbocycles. The van der Waals surface area contributed by atoms with Gasteiger partial charge in [0.05, 0.1) is 6.61 Å². The first kappa shape index (κ1) is 39.7. The maximum atomic E-state index is 13.4. The molecule has 0 aromatic rings. The molecule has 7 atom stereocenters. The fourth-order valence-corrected chi connectivity index (χ4v) is 4.07. The lowest BCUT2D eigenvalue weighted by Gasteiger charge is -2.29. The zero-order valence-corrected chi connectivity index (χ0v) is 26.6. The molecule has 43 heavy (non-hydrogen) atoms. The number of aliphatic hydroxyl groups excluding tert-OH is 1. The van der Waals surface area contributed by atoms with E-state index >= 15 is 0 Å². The summed E-state index contributed by atoms with van der Waals surface area (Å²) in [7, 11) is 0. The van der Waals surface area contributed by atoms with E-state index in [4.69, 9.17) is 17.2 Å². The standard InChI is InChI=1S/C28H54N8O7/c1-8-16(6)22(36-25(40)18(30)13-37)28(43)33-19(11-9-10-12-29)26(41)35-21(15(4)5)27(42)32-17(7)24(39)34-20(14(2)3)23(31)38/h14-22,37H,8-13,29-30H2,1-7H3,(H2,31,38)(H,32,42)(H,33,43)(H,34,39)(H,35,41)(H,36,40)/t16-,17-,18-,19-,20-,21-,22-/m0/s1. The molecular weight excluding hydrogens is 560 g/mol. The molecule has 0 aromatic heterocycles. The van der Waals surface area contributed by atoms with Crippen LogP contribution in [0.1, 0.15) is 74.1 Å². The Balaban J connectivity index is 5.79. The molecule has 248 valence electrons. The van der Waals surface area contributed by atoms with Gasteiger partial charge in [-0.25, -0.2) is 0 Å². The minimum absolute atomic E-state index is 0.209. The molecule has 0 unspecified atom stereocenters. The smallest absolute Gasteiger partial charge is 0.243 e. The van der Waals surface area contributed by atoms with E-state index < -0.39 is 84.2 Å². The second kappa shape index (κ2) is 19.8. The Morgan fingerprint density at radius 1 is 0.674 bits per heavy atom. The van der Waals surface area contributed by atoms with Gasteiger partial charge < -0.3 is 48.9 Å². The zero-order valence-electron chi connectivity index (χ0n) is 26.6. The van der Waals surface area contributed by atoms with Gasteiger partial charge in [0.15, 0.2) is 0 Å². The number of hydrogen-bond acceptors (Lipinski definition) is 9. The van der Waals surface area contributed by atoms with Crippen molar-refractivity contribution in [3.05, 3.63) is 0 Å². The molecule has 0 saturated heterocycles. The van der Waals surface area contributed by atoms with Crippen LogP contribution in [0.25, 0.3) is 0 Å². The predicted octanol–water partition coefficient (Wildman–Crippen LogP) is -2.28. The highest BCUT2D eigenvalue weighted by Gasteiger charge is 2.34. The van der Waals surface area contributed by atoms with Crippen molar-refractivity contribution in [1.29, 1.82) is 0 Å². The van der Waals surface area contributed by atoms with Crippen LogP contribution in [0, 0.1) is 17.8 Å². The molecule has 6 amide bonds. The molecule has 12 N–H and O–H groups in total. The number of carbonyl (C=O) groups is 6. The maximum Gasteiger partial charge on any atom is 0.243 e. The van der Waals surface area contributed by atoms with Gasteiger partial charge >= 0.3 is 0 Å². The minimum Gasteiger partial charge on any atom is -0.394 e. The van der Waals surface area contributed by atoms with Gasteiger partial charge in [0, 0.05) is 0 Å². The van der Waals surface area contributed by atoms with E-state index in [0.717, 1.165) is 0 Å². The minimum atomic E-state index is -1.22. The molecular formula is C28H54N8O7. The van der Waals surface area contributed by atoms with Gasteiger partial charge in [-0.2, -0.15) is 0 Å². The van der Waals surface area contributed by atoms with Gasteiger partial charge in [0.2, 0.25) is 35.4 Å². The summed E-state index contributed by atoms with van der Waals surface area (Å²) in [6, 6.07) is -6.35. The van der Waals surface area contributed by atoms with Gasteiger partial charge in [0.25, 0.3) is 0 Å². The quantitative estimate of drug-likeness (QED) is 0.0668. The molecule has 0 radical (unpaired) electrons. The second-order valence-corrected chi connectivity index (χ2v) is 11.6. The number of carbonyl (C=O) groups excluding carboxylic acids is 6. The molecule has 15 nitrogen and oxygen atoms in total. The van der Waals surface area contributed by atoms with E-state index in [9.17, 15) is 33.9 Å². The highest BCUT2D eigenvalue weighted by molar-refractivity contribution is 5.96. The van der Waals surface area contributed by atoms with Gasteiger partial charge in [0.1, 0.15) is 36.3 Å². The molecule has 0 aromatic carbocycles. The summed E-state index contributed by atoms with van der Waals surface area (Å²) in [6.45, 7) is 11.6. The van der Waals surface area contributed by atoms with Crippen LogP contribution in [0.15, 0.2) is 0 Å². The van der Waals surface area contributed by atoms with Crippen LogP contribution in [0.5, 0.6) is 0 Å². The van der Waals surface area contributed by atoms with Crippen LogP contribution in [-0.4, -0.2) is 90.0 Å². The van der Waals surface area contributed by atoms with Gasteiger partial charge in [-0.05, 0) is 50.5 Å². The average molecular weight is 615 g/mol. The normalized spacial score (nSPS) is 16.2. The molecule has 0 fully saturated rings. The number of unbranched alkanes of at least 4 members (excludes halogenated alkanes) is 1. The third-order valence-corrected chi connectivity index (χ3v) is 7.18. The van der Waals surface area contributed by atoms with E-state index in [-0.39, 0.29) is 18.3 Å². The molecule has 0 aliphatic heterocycles. The predicted molar refractivity (Wildman–Crippen MR) is 162 cm³/mol. The number of primary amides is 1. The molecule has 0 bridgehead atoms. The Bertz CT molecular complexity index is 946. The molecule has 0 spiro atoms. The van der Waals surface area contributed by atoms with Gasteiger partial charge in [-0.3, -0.25) is 28.8 Å². The maximum absolute atomic E-state index is 13.4. The molecule has 0 saturated carbocycles. The first-order chi connectivity index (χ1) is 20.0. The molecule has 0 heterocycles. The van der Waals surface area contributed by atoms with Crippen molar-refractivity contribution in [3.63, 3.8) is 0 Å². The summed E-state index contributed by atoms with van der Waals surface area (Å²) in [5.41, 5.74) is 16.6. The molecule has 0 aliphatic rings. The van der Waals surface area contributed by atoms with Crippen molar-refractivity contribution < 1.29 is 33.9 Å². The summed E-state index contributed by atoms with van der Waals surface area (Å²) < 4.78 is 0. The Labute approximate surface area is 254 Å². The Morgan fingerprint density at radius 3 is 1.65 bits per heavy atom.